The van der Waals surface area contributed by atoms with Gasteiger partial charge in [0.05, 0.1) is 0 Å². The van der Waals surface area contributed by atoms with Crippen LogP contribution < -0.4 is 5.32 Å². The standard InChI is InChI=1S/C19H26N2O/c1-13(2)15-9-7-14(8-10-15)12-20-19(22)18-11-16-5-3-4-6-17(16)21-18/h3-6,11,13-15,21H,7-10,12H2,1-2H3,(H,20,22). The van der Waals surface area contributed by atoms with E-state index in [1.807, 2.05) is 30.3 Å². The van der Waals surface area contributed by atoms with Crippen LogP contribution in [0.1, 0.15) is 50.0 Å². The fraction of sp³-hybridized carbons (Fsp3) is 0.526. The maximum Gasteiger partial charge on any atom is 0.267 e. The normalized spacial score (nSPS) is 22.1. The zero-order valence-electron chi connectivity index (χ0n) is 13.6. The maximum absolute atomic E-state index is 12.3. The molecule has 118 valence electrons. The number of aromatic amines is 1. The minimum Gasteiger partial charge on any atom is -0.351 e. The van der Waals surface area contributed by atoms with E-state index >= 15 is 0 Å². The van der Waals surface area contributed by atoms with Crippen LogP contribution >= 0.6 is 0 Å². The van der Waals surface area contributed by atoms with Crippen molar-refractivity contribution in [2.75, 3.05) is 6.54 Å². The van der Waals surface area contributed by atoms with E-state index in [-0.39, 0.29) is 5.91 Å². The molecule has 3 heteroatoms. The van der Waals surface area contributed by atoms with Crippen molar-refractivity contribution in [2.45, 2.75) is 39.5 Å². The quantitative estimate of drug-likeness (QED) is 0.865. The highest BCUT2D eigenvalue weighted by molar-refractivity contribution is 5.97. The summed E-state index contributed by atoms with van der Waals surface area (Å²) in [6.45, 7) is 5.45. The van der Waals surface area contributed by atoms with Crippen LogP contribution in [0.2, 0.25) is 0 Å². The fourth-order valence-corrected chi connectivity index (χ4v) is 3.59. The summed E-state index contributed by atoms with van der Waals surface area (Å²) in [5.41, 5.74) is 1.68. The molecule has 0 spiro atoms. The first-order valence-corrected chi connectivity index (χ1v) is 8.49. The zero-order valence-corrected chi connectivity index (χ0v) is 13.6. The van der Waals surface area contributed by atoms with Crippen LogP contribution in [0.4, 0.5) is 0 Å². The minimum absolute atomic E-state index is 0.0159. The van der Waals surface area contributed by atoms with Gasteiger partial charge in [0.1, 0.15) is 5.69 Å². The molecule has 1 amide bonds. The molecule has 1 saturated carbocycles. The smallest absolute Gasteiger partial charge is 0.267 e. The number of para-hydroxylation sites is 1. The lowest BCUT2D eigenvalue weighted by Gasteiger charge is -2.30. The summed E-state index contributed by atoms with van der Waals surface area (Å²) in [6.07, 6.45) is 5.11. The molecule has 2 N–H and O–H groups in total. The van der Waals surface area contributed by atoms with E-state index in [4.69, 9.17) is 0 Å². The van der Waals surface area contributed by atoms with Crippen LogP contribution in [0, 0.1) is 17.8 Å². The zero-order chi connectivity index (χ0) is 15.5. The third kappa shape index (κ3) is 3.34. The summed E-state index contributed by atoms with van der Waals surface area (Å²) in [5.74, 6) is 2.33. The second-order valence-corrected chi connectivity index (χ2v) is 7.01. The maximum atomic E-state index is 12.3. The molecule has 1 aliphatic rings. The Labute approximate surface area is 132 Å². The molecule has 0 saturated heterocycles. The van der Waals surface area contributed by atoms with Crippen LogP contribution in [0.3, 0.4) is 0 Å². The molecular weight excluding hydrogens is 272 g/mol. The SMILES string of the molecule is CC(C)C1CCC(CNC(=O)c2cc3ccccc3[nH]2)CC1. The number of hydrogen-bond donors (Lipinski definition) is 2. The molecule has 22 heavy (non-hydrogen) atoms. The van der Waals surface area contributed by atoms with Gasteiger partial charge < -0.3 is 10.3 Å². The highest BCUT2D eigenvalue weighted by Crippen LogP contribution is 2.32. The molecule has 1 aromatic carbocycles. The van der Waals surface area contributed by atoms with E-state index in [9.17, 15) is 4.79 Å². The van der Waals surface area contributed by atoms with Crippen molar-refractivity contribution >= 4 is 16.8 Å². The number of H-pyrrole nitrogens is 1. The van der Waals surface area contributed by atoms with Crippen molar-refractivity contribution in [3.63, 3.8) is 0 Å². The number of amides is 1. The highest BCUT2D eigenvalue weighted by Gasteiger charge is 2.23. The molecule has 0 atom stereocenters. The monoisotopic (exact) mass is 298 g/mol. The largest absolute Gasteiger partial charge is 0.351 e. The highest BCUT2D eigenvalue weighted by atomic mass is 16.1. The van der Waals surface area contributed by atoms with Crippen molar-refractivity contribution in [2.24, 2.45) is 17.8 Å². The number of nitrogens with one attached hydrogen (secondary N) is 2. The van der Waals surface area contributed by atoms with Crippen LogP contribution in [0.15, 0.2) is 30.3 Å². The Morgan fingerprint density at radius 2 is 1.95 bits per heavy atom. The van der Waals surface area contributed by atoms with E-state index in [1.165, 1.54) is 25.7 Å². The Morgan fingerprint density at radius 1 is 1.23 bits per heavy atom. The first-order valence-electron chi connectivity index (χ1n) is 8.49. The number of benzene rings is 1. The summed E-state index contributed by atoms with van der Waals surface area (Å²) < 4.78 is 0. The molecule has 2 aromatic rings. The second-order valence-electron chi connectivity index (χ2n) is 7.01. The summed E-state index contributed by atoms with van der Waals surface area (Å²) in [5, 5.41) is 4.19. The molecule has 0 aliphatic heterocycles. The van der Waals surface area contributed by atoms with Gasteiger partial charge in [0.2, 0.25) is 0 Å². The van der Waals surface area contributed by atoms with Gasteiger partial charge in [-0.1, -0.05) is 32.0 Å². The third-order valence-corrected chi connectivity index (χ3v) is 5.16. The third-order valence-electron chi connectivity index (χ3n) is 5.16. The molecule has 1 heterocycles. The lowest BCUT2D eigenvalue weighted by molar-refractivity contribution is 0.0935. The number of rotatable bonds is 4. The lowest BCUT2D eigenvalue weighted by atomic mass is 9.77. The van der Waals surface area contributed by atoms with Gasteiger partial charge in [-0.15, -0.1) is 0 Å². The molecule has 3 nitrogen and oxygen atoms in total. The molecule has 1 aromatic heterocycles. The predicted molar refractivity (Wildman–Crippen MR) is 90.9 cm³/mol. The molecule has 1 fully saturated rings. The Kier molecular flexibility index (Phi) is 4.51. The van der Waals surface area contributed by atoms with Gasteiger partial charge in [0, 0.05) is 17.4 Å². The van der Waals surface area contributed by atoms with Gasteiger partial charge >= 0.3 is 0 Å². The first-order chi connectivity index (χ1) is 10.6. The fourth-order valence-electron chi connectivity index (χ4n) is 3.59. The van der Waals surface area contributed by atoms with Gasteiger partial charge in [-0.3, -0.25) is 4.79 Å². The Hall–Kier alpha value is -1.77. The Morgan fingerprint density at radius 3 is 2.64 bits per heavy atom. The van der Waals surface area contributed by atoms with Gasteiger partial charge in [0.25, 0.3) is 5.91 Å². The van der Waals surface area contributed by atoms with E-state index in [2.05, 4.69) is 24.1 Å². The molecule has 0 unspecified atom stereocenters. The van der Waals surface area contributed by atoms with E-state index in [0.717, 1.165) is 29.3 Å². The number of carbonyl (C=O) groups is 1. The van der Waals surface area contributed by atoms with Crippen LogP contribution in [0.25, 0.3) is 10.9 Å². The summed E-state index contributed by atoms with van der Waals surface area (Å²) >= 11 is 0. The van der Waals surface area contributed by atoms with Crippen LogP contribution in [-0.2, 0) is 0 Å². The Balaban J connectivity index is 1.52. The number of aromatic nitrogens is 1. The lowest BCUT2D eigenvalue weighted by Crippen LogP contribution is -2.32. The molecule has 0 bridgehead atoms. The average molecular weight is 298 g/mol. The van der Waals surface area contributed by atoms with E-state index < -0.39 is 0 Å². The predicted octanol–water partition coefficient (Wildman–Crippen LogP) is 4.36. The number of fused-ring (bicyclic) bond motifs is 1. The van der Waals surface area contributed by atoms with Gasteiger partial charge in [0.15, 0.2) is 0 Å². The van der Waals surface area contributed by atoms with Crippen molar-refractivity contribution in [1.82, 2.24) is 10.3 Å². The molecule has 0 radical (unpaired) electrons. The molecule has 1 aliphatic carbocycles. The van der Waals surface area contributed by atoms with Gasteiger partial charge in [-0.2, -0.15) is 0 Å². The first kappa shape index (κ1) is 15.1. The number of hydrogen-bond acceptors (Lipinski definition) is 1. The second kappa shape index (κ2) is 6.55. The van der Waals surface area contributed by atoms with Crippen molar-refractivity contribution in [3.05, 3.63) is 36.0 Å². The number of carbonyl (C=O) groups excluding carboxylic acids is 1. The van der Waals surface area contributed by atoms with Gasteiger partial charge in [-0.05, 0) is 55.6 Å². The van der Waals surface area contributed by atoms with Gasteiger partial charge in [-0.25, -0.2) is 0 Å². The van der Waals surface area contributed by atoms with Crippen LogP contribution in [0.5, 0.6) is 0 Å². The van der Waals surface area contributed by atoms with E-state index in [0.29, 0.717) is 11.6 Å². The van der Waals surface area contributed by atoms with Crippen molar-refractivity contribution in [1.29, 1.82) is 0 Å². The summed E-state index contributed by atoms with van der Waals surface area (Å²) in [7, 11) is 0. The van der Waals surface area contributed by atoms with Crippen LogP contribution in [-0.4, -0.2) is 17.4 Å². The summed E-state index contributed by atoms with van der Waals surface area (Å²) in [6, 6.07) is 9.92. The Bertz CT molecular complexity index is 603. The summed E-state index contributed by atoms with van der Waals surface area (Å²) in [4.78, 5) is 15.5. The average Bonchev–Trinajstić information content (AvgIpc) is 2.97. The van der Waals surface area contributed by atoms with E-state index in [1.54, 1.807) is 0 Å². The minimum atomic E-state index is 0.0159. The van der Waals surface area contributed by atoms with Crippen molar-refractivity contribution < 1.29 is 4.79 Å². The molecule has 3 rings (SSSR count). The molecular formula is C19H26N2O. The topological polar surface area (TPSA) is 44.9 Å². The van der Waals surface area contributed by atoms with Crippen molar-refractivity contribution in [3.8, 4) is 0 Å².